The quantitative estimate of drug-likeness (QED) is 0.345. The van der Waals surface area contributed by atoms with Crippen LogP contribution < -0.4 is 5.32 Å². The van der Waals surface area contributed by atoms with E-state index in [9.17, 15) is 19.2 Å². The van der Waals surface area contributed by atoms with Gasteiger partial charge in [0.25, 0.3) is 0 Å². The van der Waals surface area contributed by atoms with E-state index >= 15 is 0 Å². The summed E-state index contributed by atoms with van der Waals surface area (Å²) in [5, 5.41) is 2.89. The van der Waals surface area contributed by atoms with Crippen LogP contribution in [-0.4, -0.2) is 52.6 Å². The number of likely N-dealkylation sites (tertiary alicyclic amines) is 1. The van der Waals surface area contributed by atoms with E-state index in [2.05, 4.69) is 5.32 Å². The van der Waals surface area contributed by atoms with Gasteiger partial charge in [0.2, 0.25) is 23.6 Å². The van der Waals surface area contributed by atoms with Gasteiger partial charge in [-0.1, -0.05) is 55.8 Å². The van der Waals surface area contributed by atoms with Gasteiger partial charge in [-0.15, -0.1) is 0 Å². The van der Waals surface area contributed by atoms with Gasteiger partial charge >= 0.3 is 0 Å². The SMILES string of the molecule is CCCCNC(=O)C(C)N(Cc1ccccc1)C(=O)CCN1C(=O)[C@H]2CC=CC[C@H]2C1=O. The maximum atomic E-state index is 13.2. The number of benzene rings is 1. The highest BCUT2D eigenvalue weighted by atomic mass is 16.2. The minimum absolute atomic E-state index is 0.00373. The molecule has 1 N–H and O–H groups in total. The van der Waals surface area contributed by atoms with E-state index in [1.165, 1.54) is 9.80 Å². The molecule has 1 heterocycles. The Morgan fingerprint density at radius 1 is 1.09 bits per heavy atom. The molecule has 0 saturated carbocycles. The Hall–Kier alpha value is -2.96. The summed E-state index contributed by atoms with van der Waals surface area (Å²) < 4.78 is 0. The summed E-state index contributed by atoms with van der Waals surface area (Å²) in [6.45, 7) is 4.68. The van der Waals surface area contributed by atoms with Crippen LogP contribution in [0.5, 0.6) is 0 Å². The third kappa shape index (κ3) is 5.44. The minimum atomic E-state index is -0.656. The van der Waals surface area contributed by atoms with E-state index in [4.69, 9.17) is 0 Å². The largest absolute Gasteiger partial charge is 0.354 e. The van der Waals surface area contributed by atoms with E-state index in [-0.39, 0.29) is 48.4 Å². The standard InChI is InChI=1S/C25H33N3O4/c1-3-4-15-26-23(30)18(2)28(17-19-10-6-5-7-11-19)22(29)14-16-27-24(31)20-12-8-9-13-21(20)25(27)32/h5-11,18,20-21H,3-4,12-17H2,1-2H3,(H,26,30)/t18?,20-,21+. The van der Waals surface area contributed by atoms with Crippen molar-refractivity contribution >= 4 is 23.6 Å². The summed E-state index contributed by atoms with van der Waals surface area (Å²) in [5.41, 5.74) is 0.916. The molecule has 0 radical (unpaired) electrons. The van der Waals surface area contributed by atoms with Gasteiger partial charge < -0.3 is 10.2 Å². The number of rotatable bonds is 10. The zero-order valence-electron chi connectivity index (χ0n) is 19.0. The van der Waals surface area contributed by atoms with Crippen molar-refractivity contribution in [3.63, 3.8) is 0 Å². The first-order valence-electron chi connectivity index (χ1n) is 11.5. The van der Waals surface area contributed by atoms with Crippen LogP contribution in [0.25, 0.3) is 0 Å². The predicted octanol–water partition coefficient (Wildman–Crippen LogP) is 2.66. The molecule has 1 unspecified atom stereocenters. The van der Waals surface area contributed by atoms with E-state index in [1.807, 2.05) is 49.4 Å². The van der Waals surface area contributed by atoms with Gasteiger partial charge in [0, 0.05) is 26.1 Å². The number of carbonyl (C=O) groups excluding carboxylic acids is 4. The summed E-state index contributed by atoms with van der Waals surface area (Å²) >= 11 is 0. The Morgan fingerprint density at radius 3 is 2.31 bits per heavy atom. The van der Waals surface area contributed by atoms with Crippen LogP contribution in [0.4, 0.5) is 0 Å². The van der Waals surface area contributed by atoms with Crippen molar-refractivity contribution < 1.29 is 19.2 Å². The summed E-state index contributed by atoms with van der Waals surface area (Å²) in [6.07, 6.45) is 6.90. The van der Waals surface area contributed by atoms with E-state index in [0.29, 0.717) is 25.9 Å². The van der Waals surface area contributed by atoms with Crippen molar-refractivity contribution in [3.05, 3.63) is 48.0 Å². The molecule has 7 heteroatoms. The second-order valence-electron chi connectivity index (χ2n) is 8.56. The monoisotopic (exact) mass is 439 g/mol. The lowest BCUT2D eigenvalue weighted by Gasteiger charge is -2.29. The van der Waals surface area contributed by atoms with E-state index in [0.717, 1.165) is 18.4 Å². The molecular formula is C25H33N3O4. The first-order chi connectivity index (χ1) is 15.4. The van der Waals surface area contributed by atoms with Gasteiger partial charge in [0.15, 0.2) is 0 Å². The average Bonchev–Trinajstić information content (AvgIpc) is 3.06. The molecule has 32 heavy (non-hydrogen) atoms. The Kier molecular flexibility index (Phi) is 8.20. The van der Waals surface area contributed by atoms with Gasteiger partial charge in [-0.3, -0.25) is 24.1 Å². The first kappa shape index (κ1) is 23.7. The Balaban J connectivity index is 1.67. The number of nitrogens with zero attached hydrogens (tertiary/aromatic N) is 2. The summed E-state index contributed by atoms with van der Waals surface area (Å²) in [6, 6.07) is 8.84. The molecule has 2 aliphatic rings. The molecule has 1 saturated heterocycles. The van der Waals surface area contributed by atoms with Gasteiger partial charge in [-0.25, -0.2) is 0 Å². The fourth-order valence-corrected chi connectivity index (χ4v) is 4.34. The molecule has 0 spiro atoms. The van der Waals surface area contributed by atoms with Crippen molar-refractivity contribution in [2.75, 3.05) is 13.1 Å². The number of imide groups is 1. The lowest BCUT2D eigenvalue weighted by atomic mass is 9.85. The zero-order chi connectivity index (χ0) is 23.1. The highest BCUT2D eigenvalue weighted by Crippen LogP contribution is 2.35. The molecule has 172 valence electrons. The van der Waals surface area contributed by atoms with Gasteiger partial charge in [-0.05, 0) is 31.7 Å². The number of carbonyl (C=O) groups is 4. The van der Waals surface area contributed by atoms with Crippen molar-refractivity contribution in [1.29, 1.82) is 0 Å². The zero-order valence-corrected chi connectivity index (χ0v) is 19.0. The average molecular weight is 440 g/mol. The van der Waals surface area contributed by atoms with Crippen LogP contribution in [0, 0.1) is 11.8 Å². The number of nitrogens with one attached hydrogen (secondary N) is 1. The smallest absolute Gasteiger partial charge is 0.242 e. The number of unbranched alkanes of at least 4 members (excludes halogenated alkanes) is 1. The van der Waals surface area contributed by atoms with Gasteiger partial charge in [0.1, 0.15) is 6.04 Å². The summed E-state index contributed by atoms with van der Waals surface area (Å²) in [5.74, 6) is -1.42. The third-order valence-corrected chi connectivity index (χ3v) is 6.34. The molecule has 1 aliphatic carbocycles. The van der Waals surface area contributed by atoms with Crippen molar-refractivity contribution in [2.45, 2.75) is 58.5 Å². The number of amides is 4. The second-order valence-corrected chi connectivity index (χ2v) is 8.56. The molecule has 4 amide bonds. The van der Waals surface area contributed by atoms with Crippen LogP contribution in [0.3, 0.4) is 0 Å². The molecule has 3 rings (SSSR count). The minimum Gasteiger partial charge on any atom is -0.354 e. The maximum absolute atomic E-state index is 13.2. The molecule has 0 bridgehead atoms. The molecule has 7 nitrogen and oxygen atoms in total. The van der Waals surface area contributed by atoms with E-state index < -0.39 is 6.04 Å². The highest BCUT2D eigenvalue weighted by molar-refractivity contribution is 6.05. The molecule has 0 aromatic heterocycles. The fraction of sp³-hybridized carbons (Fsp3) is 0.520. The van der Waals surface area contributed by atoms with E-state index in [1.54, 1.807) is 6.92 Å². The molecule has 1 aliphatic heterocycles. The fourth-order valence-electron chi connectivity index (χ4n) is 4.34. The molecule has 3 atom stereocenters. The van der Waals surface area contributed by atoms with Crippen LogP contribution in [-0.2, 0) is 25.7 Å². The van der Waals surface area contributed by atoms with Gasteiger partial charge in [-0.2, -0.15) is 0 Å². The molecular weight excluding hydrogens is 406 g/mol. The number of hydrogen-bond acceptors (Lipinski definition) is 4. The van der Waals surface area contributed by atoms with Crippen molar-refractivity contribution in [3.8, 4) is 0 Å². The summed E-state index contributed by atoms with van der Waals surface area (Å²) in [7, 11) is 0. The highest BCUT2D eigenvalue weighted by Gasteiger charge is 2.47. The molecule has 1 fully saturated rings. The van der Waals surface area contributed by atoms with Crippen molar-refractivity contribution in [1.82, 2.24) is 15.1 Å². The van der Waals surface area contributed by atoms with Gasteiger partial charge in [0.05, 0.1) is 11.8 Å². The lowest BCUT2D eigenvalue weighted by Crippen LogP contribution is -2.48. The van der Waals surface area contributed by atoms with Crippen molar-refractivity contribution in [2.24, 2.45) is 11.8 Å². The molecule has 1 aromatic rings. The maximum Gasteiger partial charge on any atom is 0.242 e. The molecule has 1 aromatic carbocycles. The number of allylic oxidation sites excluding steroid dienone is 2. The lowest BCUT2D eigenvalue weighted by molar-refractivity contribution is -0.143. The Bertz CT molecular complexity index is 841. The van der Waals surface area contributed by atoms with Crippen LogP contribution in [0.2, 0.25) is 0 Å². The third-order valence-electron chi connectivity index (χ3n) is 6.34. The summed E-state index contributed by atoms with van der Waals surface area (Å²) in [4.78, 5) is 54.0. The number of fused-ring (bicyclic) bond motifs is 1. The second kappa shape index (κ2) is 11.1. The van der Waals surface area contributed by atoms with Crippen LogP contribution in [0.15, 0.2) is 42.5 Å². The van der Waals surface area contributed by atoms with Crippen LogP contribution >= 0.6 is 0 Å². The predicted molar refractivity (Wildman–Crippen MR) is 121 cm³/mol. The normalized spacial score (nSPS) is 20.8. The van der Waals surface area contributed by atoms with Crippen LogP contribution in [0.1, 0.15) is 51.5 Å². The number of hydrogen-bond donors (Lipinski definition) is 1. The topological polar surface area (TPSA) is 86.8 Å². The Labute approximate surface area is 189 Å². The Morgan fingerprint density at radius 2 is 1.72 bits per heavy atom. The first-order valence-corrected chi connectivity index (χ1v) is 11.5.